The van der Waals surface area contributed by atoms with E-state index in [1.54, 1.807) is 18.2 Å². The maximum atomic E-state index is 13.5. The highest BCUT2D eigenvalue weighted by Gasteiger charge is 2.38. The number of carbonyl (C=O) groups is 1. The lowest BCUT2D eigenvalue weighted by Crippen LogP contribution is -2.82. The van der Waals surface area contributed by atoms with E-state index in [1.165, 1.54) is 31.4 Å². The third-order valence-electron chi connectivity index (χ3n) is 5.76. The molecule has 3 aromatic carbocycles. The lowest BCUT2D eigenvalue weighted by atomic mass is 10.1. The molecule has 5 N–H and O–H groups in total. The summed E-state index contributed by atoms with van der Waals surface area (Å²) in [5.41, 5.74) is 1.71. The van der Waals surface area contributed by atoms with E-state index < -0.39 is 29.1 Å². The molecule has 0 spiro atoms. The van der Waals surface area contributed by atoms with Crippen molar-refractivity contribution in [3.63, 3.8) is 0 Å². The number of aromatic nitrogens is 3. The van der Waals surface area contributed by atoms with Crippen molar-refractivity contribution in [3.05, 3.63) is 82.7 Å². The Morgan fingerprint density at radius 3 is 2.68 bits per heavy atom. The summed E-state index contributed by atoms with van der Waals surface area (Å²) >= 11 is 0. The van der Waals surface area contributed by atoms with Crippen LogP contribution in [0.1, 0.15) is 32.9 Å². The van der Waals surface area contributed by atoms with Gasteiger partial charge in [0.25, 0.3) is 5.91 Å². The maximum Gasteiger partial charge on any atom is 0.517 e. The maximum absolute atomic E-state index is 13.5. The third-order valence-corrected chi connectivity index (χ3v) is 5.76. The topological polar surface area (TPSA) is 131 Å². The van der Waals surface area contributed by atoms with Gasteiger partial charge < -0.3 is 14.1 Å². The lowest BCUT2D eigenvalue weighted by molar-refractivity contribution is -0.450. The molecule has 0 aliphatic heterocycles. The largest absolute Gasteiger partial charge is 0.517 e. The van der Waals surface area contributed by atoms with Gasteiger partial charge in [0.2, 0.25) is 0 Å². The van der Waals surface area contributed by atoms with Crippen molar-refractivity contribution >= 4 is 45.6 Å². The molecule has 12 heteroatoms. The molecular formula is C26H22F3N5O4+2. The van der Waals surface area contributed by atoms with E-state index in [-0.39, 0.29) is 23.9 Å². The number of hydrogen-bond donors (Lipinski definition) is 3. The van der Waals surface area contributed by atoms with Crippen LogP contribution in [0.3, 0.4) is 0 Å². The molecule has 0 saturated carbocycles. The fraction of sp³-hybridized carbons (Fsp3) is 0.154. The van der Waals surface area contributed by atoms with Crippen LogP contribution in [-0.2, 0) is 17.5 Å². The number of aryl methyl sites for hydroxylation is 1. The summed E-state index contributed by atoms with van der Waals surface area (Å²) in [4.78, 5) is 35.7. The second kappa shape index (κ2) is 9.72. The lowest BCUT2D eigenvalue weighted by Gasteiger charge is -2.08. The van der Waals surface area contributed by atoms with Crippen molar-refractivity contribution in [2.75, 3.05) is 12.4 Å². The van der Waals surface area contributed by atoms with E-state index in [4.69, 9.17) is 9.15 Å². The van der Waals surface area contributed by atoms with Crippen molar-refractivity contribution in [2.45, 2.75) is 19.7 Å². The number of primary amides is 1. The summed E-state index contributed by atoms with van der Waals surface area (Å²) in [6.45, 7) is 2.03. The number of nitrogens with one attached hydrogen (secondary N) is 2. The summed E-state index contributed by atoms with van der Waals surface area (Å²) in [5.74, 6) is -0.796. The Hall–Kier alpha value is -4.55. The van der Waals surface area contributed by atoms with Crippen LogP contribution in [-0.4, -0.2) is 38.7 Å². The molecule has 0 aliphatic carbocycles. The molecule has 0 radical (unpaired) electrons. The summed E-state index contributed by atoms with van der Waals surface area (Å²) in [6, 6.07) is 13.0. The average molecular weight is 525 g/mol. The van der Waals surface area contributed by atoms with E-state index in [2.05, 4.69) is 20.3 Å². The molecular weight excluding hydrogens is 503 g/mol. The van der Waals surface area contributed by atoms with Gasteiger partial charge in [-0.05, 0) is 36.8 Å². The number of H-pyrrole nitrogens is 1. The Kier molecular flexibility index (Phi) is 6.43. The van der Waals surface area contributed by atoms with Gasteiger partial charge in [-0.25, -0.2) is 9.78 Å². The highest BCUT2D eigenvalue weighted by atomic mass is 19.4. The molecule has 2 heterocycles. The average Bonchev–Trinajstić information content (AvgIpc) is 3.45. The van der Waals surface area contributed by atoms with Gasteiger partial charge in [-0.3, -0.25) is 10.1 Å². The van der Waals surface area contributed by atoms with Crippen molar-refractivity contribution < 1.29 is 37.2 Å². The van der Waals surface area contributed by atoms with Gasteiger partial charge in [-0.1, -0.05) is 18.2 Å². The number of hydrogen-bond acceptors (Lipinski definition) is 5. The van der Waals surface area contributed by atoms with Crippen molar-refractivity contribution in [2.24, 2.45) is 0 Å². The first-order chi connectivity index (χ1) is 18.1. The van der Waals surface area contributed by atoms with Crippen LogP contribution in [0.25, 0.3) is 22.1 Å². The quantitative estimate of drug-likeness (QED) is 0.226. The minimum atomic E-state index is -4.66. The Morgan fingerprint density at radius 1 is 1.13 bits per heavy atom. The molecule has 5 aromatic rings. The molecule has 0 unspecified atom stereocenters. The summed E-state index contributed by atoms with van der Waals surface area (Å²) in [7, 11) is 1.49. The number of amides is 2. The number of nitrogens with zero attached hydrogens (tertiary/aromatic N) is 2. The van der Waals surface area contributed by atoms with Crippen molar-refractivity contribution in [1.29, 1.82) is 0 Å². The Bertz CT molecular complexity index is 1690. The smallest absolute Gasteiger partial charge is 0.423 e. The Labute approximate surface area is 213 Å². The van der Waals surface area contributed by atoms with Gasteiger partial charge in [0.05, 0.1) is 16.6 Å². The summed E-state index contributed by atoms with van der Waals surface area (Å²) in [6.07, 6.45) is -4.66. The molecule has 5 rings (SSSR count). The van der Waals surface area contributed by atoms with Gasteiger partial charge in [0, 0.05) is 19.2 Å². The molecule has 194 valence electrons. The normalized spacial score (nSPS) is 11.8. The van der Waals surface area contributed by atoms with Crippen LogP contribution in [0.15, 0.2) is 59.0 Å². The molecule has 0 saturated heterocycles. The van der Waals surface area contributed by atoms with Gasteiger partial charge >= 0.3 is 18.1 Å². The van der Waals surface area contributed by atoms with E-state index in [0.717, 1.165) is 16.9 Å². The molecule has 2 amide bonds. The van der Waals surface area contributed by atoms with Crippen molar-refractivity contribution in [3.8, 4) is 0 Å². The predicted octanol–water partition coefficient (Wildman–Crippen LogP) is 4.18. The van der Waals surface area contributed by atoms with E-state index in [0.29, 0.717) is 28.0 Å². The second-order valence-corrected chi connectivity index (χ2v) is 8.60. The van der Waals surface area contributed by atoms with Gasteiger partial charge in [-0.15, -0.1) is 0 Å². The number of halogens is 3. The molecule has 0 bridgehead atoms. The van der Waals surface area contributed by atoms with E-state index in [1.807, 2.05) is 13.0 Å². The SMILES string of the molecule is COCc1nc2c(C(=O)Nc3nc4ccc(C)cc4o3)cc([NH2+]C(=[OH+])c3ccccc3C(F)(F)F)cc2[nH]1. The van der Waals surface area contributed by atoms with Gasteiger partial charge in [0.15, 0.2) is 11.1 Å². The number of oxazole rings is 1. The first-order valence-electron chi connectivity index (χ1n) is 11.4. The third kappa shape index (κ3) is 4.99. The van der Waals surface area contributed by atoms with Gasteiger partial charge in [-0.2, -0.15) is 23.5 Å². The number of anilines is 1. The van der Waals surface area contributed by atoms with Crippen LogP contribution in [0.4, 0.5) is 24.9 Å². The molecule has 0 fully saturated rings. The number of nitrogens with two attached hydrogens (primary N) is 1. The number of alkyl halides is 3. The molecule has 9 nitrogen and oxygen atoms in total. The molecule has 2 aromatic heterocycles. The van der Waals surface area contributed by atoms with Crippen LogP contribution < -0.4 is 10.6 Å². The zero-order valence-electron chi connectivity index (χ0n) is 20.2. The zero-order chi connectivity index (χ0) is 27.0. The number of ether oxygens (including phenoxy) is 1. The first kappa shape index (κ1) is 25.1. The van der Waals surface area contributed by atoms with Crippen LogP contribution in [0, 0.1) is 6.92 Å². The second-order valence-electron chi connectivity index (χ2n) is 8.60. The number of aromatic amines is 1. The van der Waals surface area contributed by atoms with Crippen LogP contribution in [0.2, 0.25) is 0 Å². The number of carbonyl (C=O) groups excluding carboxylic acids is 2. The van der Waals surface area contributed by atoms with Crippen LogP contribution >= 0.6 is 0 Å². The first-order valence-corrected chi connectivity index (χ1v) is 11.4. The zero-order valence-corrected chi connectivity index (χ0v) is 20.2. The number of fused-ring (bicyclic) bond motifs is 2. The highest BCUT2D eigenvalue weighted by molar-refractivity contribution is 6.12. The summed E-state index contributed by atoms with van der Waals surface area (Å²) < 4.78 is 51.2. The summed E-state index contributed by atoms with van der Waals surface area (Å²) in [5, 5.41) is 3.76. The van der Waals surface area contributed by atoms with E-state index in [9.17, 15) is 22.8 Å². The predicted molar refractivity (Wildman–Crippen MR) is 133 cm³/mol. The van der Waals surface area contributed by atoms with Crippen molar-refractivity contribution in [1.82, 2.24) is 15.0 Å². The molecule has 0 aliphatic rings. The molecule has 38 heavy (non-hydrogen) atoms. The number of methoxy groups -OCH3 is 1. The monoisotopic (exact) mass is 525 g/mol. The fourth-order valence-electron chi connectivity index (χ4n) is 4.09. The van der Waals surface area contributed by atoms with Crippen LogP contribution in [0.5, 0.6) is 0 Å². The minimum Gasteiger partial charge on any atom is -0.423 e. The Morgan fingerprint density at radius 2 is 1.92 bits per heavy atom. The Balaban J connectivity index is 1.51. The molecule has 0 atom stereocenters. The fourth-order valence-corrected chi connectivity index (χ4v) is 4.09. The standard InChI is InChI=1S/C26H20F3N5O4/c1-13-7-8-18-20(9-13)38-25(32-18)34-24(36)16-10-14(11-19-22(16)33-21(31-19)12-37-2)30-23(35)15-5-3-4-6-17(15)26(27,28)29/h3-11H,12H2,1-2H3,(H,30,35)(H,31,33)(H,32,34,36)/p+2. The number of quaternary nitrogens is 1. The number of benzene rings is 3. The van der Waals surface area contributed by atoms with E-state index >= 15 is 0 Å². The number of rotatable bonds is 6. The minimum absolute atomic E-state index is 0.0284. The highest BCUT2D eigenvalue weighted by Crippen LogP contribution is 2.31. The number of imidazole rings is 1. The van der Waals surface area contributed by atoms with Gasteiger partial charge in [0.1, 0.15) is 29.2 Å².